The first-order valence-electron chi connectivity index (χ1n) is 9.02. The number of hydrogen-bond donors (Lipinski definition) is 1. The predicted molar refractivity (Wildman–Crippen MR) is 108 cm³/mol. The number of pyridine rings is 1. The van der Waals surface area contributed by atoms with E-state index in [1.54, 1.807) is 43.3 Å². The quantitative estimate of drug-likeness (QED) is 0.384. The van der Waals surface area contributed by atoms with Crippen molar-refractivity contribution in [3.8, 4) is 16.9 Å². The van der Waals surface area contributed by atoms with Gasteiger partial charge in [0.2, 0.25) is 0 Å². The molecule has 0 spiro atoms. The van der Waals surface area contributed by atoms with Crippen LogP contribution in [0.4, 0.5) is 13.2 Å². The summed E-state index contributed by atoms with van der Waals surface area (Å²) in [6.07, 6.45) is 1.74. The number of carbonyl (C=O) groups is 1. The van der Waals surface area contributed by atoms with E-state index in [1.165, 1.54) is 12.1 Å². The van der Waals surface area contributed by atoms with Crippen molar-refractivity contribution >= 4 is 16.9 Å². The van der Waals surface area contributed by atoms with Gasteiger partial charge in [0.1, 0.15) is 11.5 Å². The third-order valence-electron chi connectivity index (χ3n) is 4.36. The number of alkyl halides is 3. The van der Waals surface area contributed by atoms with Gasteiger partial charge in [-0.3, -0.25) is 4.98 Å². The van der Waals surface area contributed by atoms with Gasteiger partial charge in [-0.2, -0.15) is 13.2 Å². The number of aromatic nitrogens is 1. The zero-order valence-corrected chi connectivity index (χ0v) is 16.2. The van der Waals surface area contributed by atoms with Crippen molar-refractivity contribution in [2.45, 2.75) is 20.0 Å². The van der Waals surface area contributed by atoms with Crippen molar-refractivity contribution in [3.63, 3.8) is 0 Å². The summed E-state index contributed by atoms with van der Waals surface area (Å²) in [5.74, 6) is -0.256. The molecule has 30 heavy (non-hydrogen) atoms. The molecule has 0 saturated heterocycles. The number of ether oxygens (including phenoxy) is 1. The summed E-state index contributed by atoms with van der Waals surface area (Å²) >= 11 is 0. The molecule has 0 amide bonds. The van der Waals surface area contributed by atoms with Crippen LogP contribution in [0.15, 0.2) is 72.6 Å². The molecule has 4 nitrogen and oxygen atoms in total. The molecule has 0 radical (unpaired) electrons. The molecule has 0 aliphatic heterocycles. The Balaban J connectivity index is 2.23. The van der Waals surface area contributed by atoms with Gasteiger partial charge in [0, 0.05) is 17.1 Å². The maximum absolute atomic E-state index is 13.4. The van der Waals surface area contributed by atoms with Gasteiger partial charge in [-0.25, -0.2) is 4.79 Å². The van der Waals surface area contributed by atoms with Crippen molar-refractivity contribution < 1.29 is 27.8 Å². The van der Waals surface area contributed by atoms with Gasteiger partial charge in [-0.1, -0.05) is 36.4 Å². The number of allylic oxidation sites excluding steroid dienone is 4. The summed E-state index contributed by atoms with van der Waals surface area (Å²) in [6.45, 7) is 3.62. The predicted octanol–water partition coefficient (Wildman–Crippen LogP) is 6.48. The molecule has 154 valence electrons. The number of hydrogen-bond acceptors (Lipinski definition) is 3. The summed E-state index contributed by atoms with van der Waals surface area (Å²) in [4.78, 5) is 15.6. The number of para-hydroxylation sites is 1. The van der Waals surface area contributed by atoms with Crippen LogP contribution in [-0.4, -0.2) is 16.1 Å². The van der Waals surface area contributed by atoms with Crippen molar-refractivity contribution in [3.05, 3.63) is 83.8 Å². The Morgan fingerprint density at radius 2 is 1.90 bits per heavy atom. The third kappa shape index (κ3) is 4.35. The van der Waals surface area contributed by atoms with Crippen LogP contribution in [0.1, 0.15) is 29.8 Å². The molecule has 0 saturated carbocycles. The van der Waals surface area contributed by atoms with E-state index >= 15 is 0 Å². The molecule has 0 atom stereocenters. The zero-order chi connectivity index (χ0) is 21.9. The minimum atomic E-state index is -4.62. The molecular weight excluding hydrogens is 395 g/mol. The number of benzene rings is 2. The number of nitrogens with zero attached hydrogens (tertiary/aromatic N) is 1. The van der Waals surface area contributed by atoms with Crippen LogP contribution in [0.2, 0.25) is 0 Å². The van der Waals surface area contributed by atoms with E-state index in [0.717, 1.165) is 12.3 Å². The Bertz CT molecular complexity index is 1160. The highest BCUT2D eigenvalue weighted by Gasteiger charge is 2.34. The standard InChI is InChI=1S/C23H18F3NO3/c1-3-4-7-14(2)30-16-9-5-8-15(12-16)20-17-10-6-11-19(23(24,25)26)21(17)27-13-18(20)22(28)29/h3-13H,1-2H3,(H,28,29)/b4-3-,14-7+. The van der Waals surface area contributed by atoms with Crippen LogP contribution in [0.25, 0.3) is 22.0 Å². The second-order valence-electron chi connectivity index (χ2n) is 6.48. The van der Waals surface area contributed by atoms with Crippen LogP contribution in [0.3, 0.4) is 0 Å². The van der Waals surface area contributed by atoms with Crippen molar-refractivity contribution in [2.75, 3.05) is 0 Å². The highest BCUT2D eigenvalue weighted by molar-refractivity contribution is 6.07. The molecule has 1 aromatic heterocycles. The van der Waals surface area contributed by atoms with Crippen molar-refractivity contribution in [1.82, 2.24) is 4.98 Å². The number of rotatable bonds is 5. The molecule has 0 aliphatic rings. The molecule has 0 fully saturated rings. The van der Waals surface area contributed by atoms with E-state index in [1.807, 2.05) is 13.0 Å². The fourth-order valence-electron chi connectivity index (χ4n) is 3.09. The van der Waals surface area contributed by atoms with E-state index in [9.17, 15) is 23.1 Å². The third-order valence-corrected chi connectivity index (χ3v) is 4.36. The Morgan fingerprint density at radius 1 is 1.17 bits per heavy atom. The first-order valence-corrected chi connectivity index (χ1v) is 9.02. The van der Waals surface area contributed by atoms with Crippen LogP contribution in [0.5, 0.6) is 5.75 Å². The lowest BCUT2D eigenvalue weighted by Gasteiger charge is -2.15. The second-order valence-corrected chi connectivity index (χ2v) is 6.48. The molecule has 7 heteroatoms. The second kappa shape index (κ2) is 8.41. The maximum atomic E-state index is 13.4. The minimum absolute atomic E-state index is 0.100. The molecule has 0 bridgehead atoms. The molecule has 3 aromatic rings. The first kappa shape index (κ1) is 21.1. The zero-order valence-electron chi connectivity index (χ0n) is 16.2. The average molecular weight is 413 g/mol. The molecule has 1 heterocycles. The van der Waals surface area contributed by atoms with Gasteiger partial charge >= 0.3 is 12.1 Å². The lowest BCUT2D eigenvalue weighted by atomic mass is 9.94. The Kier molecular flexibility index (Phi) is 5.91. The Labute approximate surface area is 170 Å². The van der Waals surface area contributed by atoms with E-state index in [2.05, 4.69) is 4.98 Å². The van der Waals surface area contributed by atoms with E-state index < -0.39 is 17.7 Å². The lowest BCUT2D eigenvalue weighted by molar-refractivity contribution is -0.136. The average Bonchev–Trinajstić information content (AvgIpc) is 2.70. The molecule has 0 unspecified atom stereocenters. The highest BCUT2D eigenvalue weighted by atomic mass is 19.4. The SMILES string of the molecule is C/C=C\C=C(/C)Oc1cccc(-c2c(C(=O)O)cnc3c(C(F)(F)F)cccc23)c1. The summed E-state index contributed by atoms with van der Waals surface area (Å²) in [6, 6.07) is 10.2. The van der Waals surface area contributed by atoms with Gasteiger partial charge in [0.05, 0.1) is 16.6 Å². The topological polar surface area (TPSA) is 59.4 Å². The van der Waals surface area contributed by atoms with Gasteiger partial charge < -0.3 is 9.84 Å². The Hall–Kier alpha value is -3.61. The smallest absolute Gasteiger partial charge is 0.418 e. The summed E-state index contributed by atoms with van der Waals surface area (Å²) in [5, 5.41) is 9.72. The van der Waals surface area contributed by atoms with Crippen molar-refractivity contribution in [2.24, 2.45) is 0 Å². The van der Waals surface area contributed by atoms with Crippen LogP contribution in [-0.2, 0) is 6.18 Å². The molecule has 1 N–H and O–H groups in total. The van der Waals surface area contributed by atoms with E-state index in [-0.39, 0.29) is 22.0 Å². The molecule has 0 aliphatic carbocycles. The van der Waals surface area contributed by atoms with Crippen LogP contribution < -0.4 is 4.74 Å². The molecular formula is C23H18F3NO3. The van der Waals surface area contributed by atoms with Crippen LogP contribution in [0, 0.1) is 0 Å². The number of fused-ring (bicyclic) bond motifs is 1. The fourth-order valence-corrected chi connectivity index (χ4v) is 3.09. The van der Waals surface area contributed by atoms with Gasteiger partial charge in [-0.05, 0) is 43.7 Å². The van der Waals surface area contributed by atoms with E-state index in [0.29, 0.717) is 17.1 Å². The molecule has 3 rings (SSSR count). The number of halogens is 3. The minimum Gasteiger partial charge on any atom is -0.478 e. The number of carboxylic acids is 1. The summed E-state index contributed by atoms with van der Waals surface area (Å²) < 4.78 is 46.0. The number of aromatic carboxylic acids is 1. The fraction of sp³-hybridized carbons (Fsp3) is 0.130. The normalized spacial score (nSPS) is 12.5. The lowest BCUT2D eigenvalue weighted by Crippen LogP contribution is -2.08. The molecule has 2 aromatic carbocycles. The van der Waals surface area contributed by atoms with Gasteiger partial charge in [0.25, 0.3) is 0 Å². The highest BCUT2D eigenvalue weighted by Crippen LogP contribution is 2.39. The summed E-state index contributed by atoms with van der Waals surface area (Å²) in [5.41, 5.74) is -0.856. The monoisotopic (exact) mass is 413 g/mol. The first-order chi connectivity index (χ1) is 14.2. The largest absolute Gasteiger partial charge is 0.478 e. The number of carboxylic acid groups (broad SMARTS) is 1. The van der Waals surface area contributed by atoms with Crippen LogP contribution >= 0.6 is 0 Å². The maximum Gasteiger partial charge on any atom is 0.418 e. The Morgan fingerprint density at radius 3 is 2.57 bits per heavy atom. The van der Waals surface area contributed by atoms with E-state index in [4.69, 9.17) is 4.74 Å². The van der Waals surface area contributed by atoms with Crippen molar-refractivity contribution in [1.29, 1.82) is 0 Å². The van der Waals surface area contributed by atoms with Gasteiger partial charge in [-0.15, -0.1) is 0 Å². The summed E-state index contributed by atoms with van der Waals surface area (Å²) in [7, 11) is 0. The van der Waals surface area contributed by atoms with Gasteiger partial charge in [0.15, 0.2) is 0 Å².